The summed E-state index contributed by atoms with van der Waals surface area (Å²) < 4.78 is 5.27. The molecule has 114 valence electrons. The second-order valence-electron chi connectivity index (χ2n) is 6.51. The molecule has 1 rings (SSSR count). The first-order chi connectivity index (χ1) is 9.16. The molecule has 0 saturated carbocycles. The van der Waals surface area contributed by atoms with Crippen molar-refractivity contribution in [2.24, 2.45) is 5.92 Å². The number of methoxy groups -OCH3 is 1. The average molecular weight is 300 g/mol. The van der Waals surface area contributed by atoms with Gasteiger partial charge >= 0.3 is 0 Å². The predicted molar refractivity (Wildman–Crippen MR) is 84.6 cm³/mol. The lowest BCUT2D eigenvalue weighted by Crippen LogP contribution is -2.32. The van der Waals surface area contributed by atoms with E-state index in [1.165, 1.54) is 0 Å². The van der Waals surface area contributed by atoms with Crippen LogP contribution in [0.3, 0.4) is 0 Å². The first-order valence-electron chi connectivity index (χ1n) is 6.97. The smallest absolute Gasteiger partial charge is 0.137 e. The number of hydrogen-bond acceptors (Lipinski definition) is 4. The SMILES string of the molecule is COCC(Nc1nc(C(C)(C)C)nc(Cl)c1C)C(C)C. The minimum atomic E-state index is -0.137. The van der Waals surface area contributed by atoms with Gasteiger partial charge < -0.3 is 10.1 Å². The third-order valence-corrected chi connectivity index (χ3v) is 3.60. The molecule has 1 N–H and O–H groups in total. The average Bonchev–Trinajstić information content (AvgIpc) is 2.32. The van der Waals surface area contributed by atoms with Crippen LogP contribution in [0.1, 0.15) is 46.0 Å². The Bertz CT molecular complexity index is 455. The van der Waals surface area contributed by atoms with Crippen molar-refractivity contribution in [1.82, 2.24) is 9.97 Å². The van der Waals surface area contributed by atoms with E-state index in [0.29, 0.717) is 17.7 Å². The summed E-state index contributed by atoms with van der Waals surface area (Å²) in [6, 6.07) is 0.192. The summed E-state index contributed by atoms with van der Waals surface area (Å²) in [4.78, 5) is 9.03. The summed E-state index contributed by atoms with van der Waals surface area (Å²) >= 11 is 6.24. The van der Waals surface area contributed by atoms with Gasteiger partial charge in [0.15, 0.2) is 0 Å². The van der Waals surface area contributed by atoms with Crippen molar-refractivity contribution >= 4 is 17.4 Å². The highest BCUT2D eigenvalue weighted by molar-refractivity contribution is 6.30. The van der Waals surface area contributed by atoms with Crippen molar-refractivity contribution in [3.05, 3.63) is 16.5 Å². The van der Waals surface area contributed by atoms with Gasteiger partial charge in [0.25, 0.3) is 0 Å². The van der Waals surface area contributed by atoms with Gasteiger partial charge in [0, 0.05) is 18.1 Å². The molecule has 0 amide bonds. The van der Waals surface area contributed by atoms with Crippen molar-refractivity contribution in [2.75, 3.05) is 19.0 Å². The van der Waals surface area contributed by atoms with Crippen LogP contribution in [0.4, 0.5) is 5.82 Å². The van der Waals surface area contributed by atoms with Crippen LogP contribution in [0, 0.1) is 12.8 Å². The van der Waals surface area contributed by atoms with E-state index in [9.17, 15) is 0 Å². The Morgan fingerprint density at radius 3 is 2.30 bits per heavy atom. The molecule has 1 atom stereocenters. The normalized spacial score (nSPS) is 13.7. The molecular formula is C15H26ClN3O. The number of aromatic nitrogens is 2. The number of rotatable bonds is 5. The highest BCUT2D eigenvalue weighted by atomic mass is 35.5. The number of hydrogen-bond donors (Lipinski definition) is 1. The van der Waals surface area contributed by atoms with E-state index in [2.05, 4.69) is 49.9 Å². The zero-order valence-corrected chi connectivity index (χ0v) is 14.3. The van der Waals surface area contributed by atoms with E-state index in [1.54, 1.807) is 7.11 Å². The number of anilines is 1. The second-order valence-corrected chi connectivity index (χ2v) is 6.87. The summed E-state index contributed by atoms with van der Waals surface area (Å²) in [7, 11) is 1.71. The highest BCUT2D eigenvalue weighted by Gasteiger charge is 2.22. The van der Waals surface area contributed by atoms with E-state index in [0.717, 1.165) is 17.2 Å². The maximum absolute atomic E-state index is 6.24. The number of halogens is 1. The molecule has 0 fully saturated rings. The summed E-state index contributed by atoms with van der Waals surface area (Å²) in [5.41, 5.74) is 0.740. The largest absolute Gasteiger partial charge is 0.383 e. The summed E-state index contributed by atoms with van der Waals surface area (Å²) in [6.07, 6.45) is 0. The Hall–Kier alpha value is -0.870. The summed E-state index contributed by atoms with van der Waals surface area (Å²) in [6.45, 7) is 13.1. The Labute approximate surface area is 127 Å². The van der Waals surface area contributed by atoms with E-state index >= 15 is 0 Å². The Kier molecular flexibility index (Phi) is 5.78. The van der Waals surface area contributed by atoms with E-state index in [4.69, 9.17) is 16.3 Å². The van der Waals surface area contributed by atoms with Gasteiger partial charge in [-0.25, -0.2) is 9.97 Å². The van der Waals surface area contributed by atoms with Crippen molar-refractivity contribution in [3.63, 3.8) is 0 Å². The molecule has 0 bridgehead atoms. The second kappa shape index (κ2) is 6.72. The minimum absolute atomic E-state index is 0.137. The van der Waals surface area contributed by atoms with Crippen LogP contribution in [0.5, 0.6) is 0 Å². The first kappa shape index (κ1) is 17.2. The molecule has 1 heterocycles. The predicted octanol–water partition coefficient (Wildman–Crippen LogP) is 3.82. The Balaban J connectivity index is 3.13. The zero-order chi connectivity index (χ0) is 15.5. The van der Waals surface area contributed by atoms with Gasteiger partial charge in [-0.1, -0.05) is 46.2 Å². The molecule has 1 aromatic rings. The van der Waals surface area contributed by atoms with E-state index < -0.39 is 0 Å². The molecule has 1 unspecified atom stereocenters. The molecule has 0 spiro atoms. The fourth-order valence-corrected chi connectivity index (χ4v) is 1.89. The van der Waals surface area contributed by atoms with Crippen molar-refractivity contribution < 1.29 is 4.74 Å². The van der Waals surface area contributed by atoms with E-state index in [1.807, 2.05) is 6.92 Å². The van der Waals surface area contributed by atoms with Gasteiger partial charge in [0.05, 0.1) is 12.6 Å². The Morgan fingerprint density at radius 1 is 1.25 bits per heavy atom. The van der Waals surface area contributed by atoms with Gasteiger partial charge in [0.1, 0.15) is 16.8 Å². The first-order valence-corrected chi connectivity index (χ1v) is 7.34. The van der Waals surface area contributed by atoms with Crippen LogP contribution in [0.15, 0.2) is 0 Å². The molecule has 0 aliphatic carbocycles. The number of nitrogens with one attached hydrogen (secondary N) is 1. The fraction of sp³-hybridized carbons (Fsp3) is 0.733. The van der Waals surface area contributed by atoms with Gasteiger partial charge in [-0.3, -0.25) is 0 Å². The summed E-state index contributed by atoms with van der Waals surface area (Å²) in [5, 5.41) is 3.95. The molecule has 0 aliphatic rings. The lowest BCUT2D eigenvalue weighted by atomic mass is 9.95. The Morgan fingerprint density at radius 2 is 1.85 bits per heavy atom. The maximum atomic E-state index is 6.24. The topological polar surface area (TPSA) is 47.0 Å². The monoisotopic (exact) mass is 299 g/mol. The maximum Gasteiger partial charge on any atom is 0.137 e. The van der Waals surface area contributed by atoms with Crippen LogP contribution < -0.4 is 5.32 Å². The molecule has 0 aliphatic heterocycles. The number of ether oxygens (including phenoxy) is 1. The molecule has 0 aromatic carbocycles. The van der Waals surface area contributed by atoms with Gasteiger partial charge in [0.2, 0.25) is 0 Å². The molecule has 0 saturated heterocycles. The zero-order valence-electron chi connectivity index (χ0n) is 13.5. The van der Waals surface area contributed by atoms with E-state index in [-0.39, 0.29) is 11.5 Å². The minimum Gasteiger partial charge on any atom is -0.383 e. The molecule has 20 heavy (non-hydrogen) atoms. The van der Waals surface area contributed by atoms with Crippen LogP contribution >= 0.6 is 11.6 Å². The van der Waals surface area contributed by atoms with Crippen LogP contribution in [0.2, 0.25) is 5.15 Å². The van der Waals surface area contributed by atoms with Crippen molar-refractivity contribution in [2.45, 2.75) is 53.0 Å². The van der Waals surface area contributed by atoms with Crippen molar-refractivity contribution in [1.29, 1.82) is 0 Å². The van der Waals surface area contributed by atoms with Crippen LogP contribution in [-0.4, -0.2) is 29.7 Å². The van der Waals surface area contributed by atoms with Crippen LogP contribution in [0.25, 0.3) is 0 Å². The summed E-state index contributed by atoms with van der Waals surface area (Å²) in [5.74, 6) is 1.97. The molecule has 5 heteroatoms. The molecule has 1 aromatic heterocycles. The third-order valence-electron chi connectivity index (χ3n) is 3.23. The fourth-order valence-electron chi connectivity index (χ4n) is 1.72. The van der Waals surface area contributed by atoms with Crippen LogP contribution in [-0.2, 0) is 10.2 Å². The molecule has 0 radical (unpaired) electrons. The molecular weight excluding hydrogens is 274 g/mol. The van der Waals surface area contributed by atoms with Crippen molar-refractivity contribution in [3.8, 4) is 0 Å². The quantitative estimate of drug-likeness (QED) is 0.840. The van der Waals surface area contributed by atoms with Gasteiger partial charge in [-0.15, -0.1) is 0 Å². The number of nitrogens with zero attached hydrogens (tertiary/aromatic N) is 2. The standard InChI is InChI=1S/C15H26ClN3O/c1-9(2)11(8-20-7)17-13-10(3)12(16)18-14(19-13)15(4,5)6/h9,11H,8H2,1-7H3,(H,17,18,19). The highest BCUT2D eigenvalue weighted by Crippen LogP contribution is 2.27. The lowest BCUT2D eigenvalue weighted by Gasteiger charge is -2.25. The third kappa shape index (κ3) is 4.32. The van der Waals surface area contributed by atoms with Gasteiger partial charge in [-0.05, 0) is 12.8 Å². The van der Waals surface area contributed by atoms with Gasteiger partial charge in [-0.2, -0.15) is 0 Å². The lowest BCUT2D eigenvalue weighted by molar-refractivity contribution is 0.171. The molecule has 4 nitrogen and oxygen atoms in total.